The molecule has 6 heteroatoms. The molecule has 130 valence electrons. The number of phenols is 1. The van der Waals surface area contributed by atoms with Crippen molar-refractivity contribution in [1.82, 2.24) is 10.4 Å². The summed E-state index contributed by atoms with van der Waals surface area (Å²) in [5.74, 6) is 0.706. The van der Waals surface area contributed by atoms with E-state index in [2.05, 4.69) is 10.3 Å². The first-order valence-corrected chi connectivity index (χ1v) is 8.08. The van der Waals surface area contributed by atoms with Gasteiger partial charge in [0.2, 0.25) is 5.91 Å². The van der Waals surface area contributed by atoms with Gasteiger partial charge in [-0.05, 0) is 24.6 Å². The van der Waals surface area contributed by atoms with Crippen LogP contribution in [-0.4, -0.2) is 34.7 Å². The quantitative estimate of drug-likeness (QED) is 0.877. The van der Waals surface area contributed by atoms with Gasteiger partial charge in [-0.2, -0.15) is 0 Å². The molecule has 2 aromatic carbocycles. The van der Waals surface area contributed by atoms with Crippen molar-refractivity contribution < 1.29 is 14.7 Å². The molecule has 3 rings (SSSR count). The number of amidine groups is 1. The number of nitrogens with zero attached hydrogens (tertiary/aromatic N) is 2. The number of amides is 1. The molecule has 6 nitrogen and oxygen atoms in total. The minimum Gasteiger partial charge on any atom is -0.508 e. The van der Waals surface area contributed by atoms with Gasteiger partial charge in [-0.3, -0.25) is 4.79 Å². The average molecular weight is 339 g/mol. The van der Waals surface area contributed by atoms with Gasteiger partial charge in [0.15, 0.2) is 11.6 Å². The molecule has 1 heterocycles. The summed E-state index contributed by atoms with van der Waals surface area (Å²) in [4.78, 5) is 22.7. The Morgan fingerprint density at radius 1 is 1.24 bits per heavy atom. The van der Waals surface area contributed by atoms with Crippen molar-refractivity contribution in [2.75, 3.05) is 7.05 Å². The summed E-state index contributed by atoms with van der Waals surface area (Å²) < 4.78 is 0. The zero-order chi connectivity index (χ0) is 17.9. The number of benzene rings is 2. The van der Waals surface area contributed by atoms with Gasteiger partial charge >= 0.3 is 0 Å². The Hall–Kier alpha value is -2.86. The van der Waals surface area contributed by atoms with Crippen molar-refractivity contribution >= 4 is 11.7 Å². The van der Waals surface area contributed by atoms with Gasteiger partial charge in [-0.15, -0.1) is 0 Å². The second-order valence-corrected chi connectivity index (χ2v) is 6.19. The highest BCUT2D eigenvalue weighted by Gasteiger charge is 2.37. The van der Waals surface area contributed by atoms with Gasteiger partial charge in [-0.1, -0.05) is 42.5 Å². The maximum atomic E-state index is 12.3. The Morgan fingerprint density at radius 2 is 2.00 bits per heavy atom. The molecule has 0 saturated heterocycles. The van der Waals surface area contributed by atoms with E-state index in [1.165, 1.54) is 0 Å². The number of hydrogen-bond donors (Lipinski definition) is 2. The standard InChI is InChI=1S/C19H21N3O3/c1-19(12-17(24)20-13-14-7-6-10-16(23)11-14)21-18(22(2)25-19)15-8-4-3-5-9-15/h3-11,23H,12-13H2,1-2H3,(H,20,24). The Kier molecular flexibility index (Phi) is 4.72. The summed E-state index contributed by atoms with van der Waals surface area (Å²) in [6.07, 6.45) is 0.104. The SMILES string of the molecule is CN1OC(C)(CC(=O)NCc2cccc(O)c2)N=C1c1ccccc1. The largest absolute Gasteiger partial charge is 0.508 e. The Bertz CT molecular complexity index is 792. The molecule has 1 unspecified atom stereocenters. The summed E-state index contributed by atoms with van der Waals surface area (Å²) in [5, 5.41) is 13.9. The molecule has 1 atom stereocenters. The van der Waals surface area contributed by atoms with Crippen molar-refractivity contribution in [2.45, 2.75) is 25.6 Å². The highest BCUT2D eigenvalue weighted by molar-refractivity contribution is 5.99. The van der Waals surface area contributed by atoms with Crippen molar-refractivity contribution in [1.29, 1.82) is 0 Å². The van der Waals surface area contributed by atoms with Crippen LogP contribution in [0.15, 0.2) is 59.6 Å². The molecule has 2 aromatic rings. The number of hydrogen-bond acceptors (Lipinski definition) is 5. The molecule has 1 aliphatic heterocycles. The van der Waals surface area contributed by atoms with Crippen LogP contribution in [0.2, 0.25) is 0 Å². The number of aromatic hydroxyl groups is 1. The molecule has 1 aliphatic rings. The summed E-state index contributed by atoms with van der Waals surface area (Å²) in [7, 11) is 1.78. The number of hydroxylamine groups is 2. The van der Waals surface area contributed by atoms with Gasteiger partial charge in [0, 0.05) is 19.2 Å². The minimum atomic E-state index is -0.942. The molecule has 0 saturated carbocycles. The lowest BCUT2D eigenvalue weighted by molar-refractivity contribution is -0.166. The lowest BCUT2D eigenvalue weighted by Gasteiger charge is -2.21. The number of carbonyl (C=O) groups excluding carboxylic acids is 1. The number of rotatable bonds is 5. The Labute approximate surface area is 146 Å². The average Bonchev–Trinajstić information content (AvgIpc) is 2.88. The number of phenolic OH excluding ortho intramolecular Hbond substituents is 1. The maximum absolute atomic E-state index is 12.3. The molecule has 0 bridgehead atoms. The summed E-state index contributed by atoms with van der Waals surface area (Å²) in [5.41, 5.74) is 0.827. The van der Waals surface area contributed by atoms with E-state index in [0.29, 0.717) is 12.4 Å². The lowest BCUT2D eigenvalue weighted by atomic mass is 10.1. The van der Waals surface area contributed by atoms with Crippen LogP contribution in [0.5, 0.6) is 5.75 Å². The van der Waals surface area contributed by atoms with E-state index >= 15 is 0 Å². The third-order valence-corrected chi connectivity index (χ3v) is 3.90. The zero-order valence-corrected chi connectivity index (χ0v) is 14.3. The smallest absolute Gasteiger partial charge is 0.225 e. The third-order valence-electron chi connectivity index (χ3n) is 3.90. The fourth-order valence-corrected chi connectivity index (χ4v) is 2.79. The van der Waals surface area contributed by atoms with E-state index in [9.17, 15) is 9.90 Å². The van der Waals surface area contributed by atoms with Crippen molar-refractivity contribution in [3.8, 4) is 5.75 Å². The Morgan fingerprint density at radius 3 is 2.72 bits per heavy atom. The fraction of sp³-hybridized carbons (Fsp3) is 0.263. The van der Waals surface area contributed by atoms with Crippen LogP contribution in [0.3, 0.4) is 0 Å². The van der Waals surface area contributed by atoms with E-state index < -0.39 is 5.72 Å². The Balaban J connectivity index is 1.63. The molecule has 0 aliphatic carbocycles. The van der Waals surface area contributed by atoms with Gasteiger partial charge in [0.05, 0.1) is 6.42 Å². The highest BCUT2D eigenvalue weighted by Crippen LogP contribution is 2.27. The summed E-state index contributed by atoms with van der Waals surface area (Å²) >= 11 is 0. The molecular formula is C19H21N3O3. The monoisotopic (exact) mass is 339 g/mol. The summed E-state index contributed by atoms with van der Waals surface area (Å²) in [6.45, 7) is 2.13. The van der Waals surface area contributed by atoms with Crippen LogP contribution in [0.25, 0.3) is 0 Å². The van der Waals surface area contributed by atoms with E-state index in [0.717, 1.165) is 11.1 Å². The molecular weight excluding hydrogens is 318 g/mol. The molecule has 0 fully saturated rings. The van der Waals surface area contributed by atoms with Crippen LogP contribution < -0.4 is 5.32 Å². The summed E-state index contributed by atoms with van der Waals surface area (Å²) in [6, 6.07) is 16.5. The fourth-order valence-electron chi connectivity index (χ4n) is 2.79. The van der Waals surface area contributed by atoms with Crippen LogP contribution in [-0.2, 0) is 16.2 Å². The topological polar surface area (TPSA) is 74.2 Å². The van der Waals surface area contributed by atoms with Crippen LogP contribution >= 0.6 is 0 Å². The third kappa shape index (κ3) is 4.16. The predicted octanol–water partition coefficient (Wildman–Crippen LogP) is 2.44. The molecule has 25 heavy (non-hydrogen) atoms. The van der Waals surface area contributed by atoms with E-state index in [1.54, 1.807) is 37.2 Å². The molecule has 1 amide bonds. The van der Waals surface area contributed by atoms with E-state index in [4.69, 9.17) is 4.84 Å². The maximum Gasteiger partial charge on any atom is 0.225 e. The molecule has 0 aromatic heterocycles. The van der Waals surface area contributed by atoms with Crippen molar-refractivity contribution in [3.05, 3.63) is 65.7 Å². The van der Waals surface area contributed by atoms with Gasteiger partial charge in [0.25, 0.3) is 0 Å². The van der Waals surface area contributed by atoms with Gasteiger partial charge in [-0.25, -0.2) is 14.9 Å². The lowest BCUT2D eigenvalue weighted by Crippen LogP contribution is -2.35. The number of carbonyl (C=O) groups is 1. The van der Waals surface area contributed by atoms with Gasteiger partial charge < -0.3 is 10.4 Å². The second kappa shape index (κ2) is 6.94. The first-order valence-electron chi connectivity index (χ1n) is 8.08. The molecule has 2 N–H and O–H groups in total. The van der Waals surface area contributed by atoms with Crippen molar-refractivity contribution in [2.24, 2.45) is 4.99 Å². The van der Waals surface area contributed by atoms with E-state index in [1.807, 2.05) is 36.4 Å². The van der Waals surface area contributed by atoms with Crippen molar-refractivity contribution in [3.63, 3.8) is 0 Å². The van der Waals surface area contributed by atoms with Crippen LogP contribution in [0.4, 0.5) is 0 Å². The van der Waals surface area contributed by atoms with Crippen LogP contribution in [0, 0.1) is 0 Å². The predicted molar refractivity (Wildman–Crippen MR) is 94.8 cm³/mol. The molecule has 0 radical (unpaired) electrons. The molecule has 0 spiro atoms. The number of aliphatic imine (C=N–C) groups is 1. The zero-order valence-electron chi connectivity index (χ0n) is 14.3. The highest BCUT2D eigenvalue weighted by atomic mass is 16.7. The normalized spacial score (nSPS) is 19.6. The number of nitrogens with one attached hydrogen (secondary N) is 1. The first kappa shape index (κ1) is 17.0. The van der Waals surface area contributed by atoms with E-state index in [-0.39, 0.29) is 18.1 Å². The first-order chi connectivity index (χ1) is 12.0. The minimum absolute atomic E-state index is 0.104. The second-order valence-electron chi connectivity index (χ2n) is 6.19. The van der Waals surface area contributed by atoms with Crippen LogP contribution in [0.1, 0.15) is 24.5 Å². The van der Waals surface area contributed by atoms with Gasteiger partial charge in [0.1, 0.15) is 5.75 Å².